The standard InChI is InChI=1S/C23H24N6O/c1-30-20-3-2-15-11-26-22(10-16(15)8-20)21-9-17(12-27-23(21)24)18-13-28-29(14-18)19-4-6-25-7-5-19/h2-3,8-14,19,25H,4-7H2,1H3,(H2,24,27). The number of methoxy groups -OCH3 is 1. The van der Waals surface area contributed by atoms with Crippen LogP contribution in [0.1, 0.15) is 18.9 Å². The van der Waals surface area contributed by atoms with Crippen molar-refractivity contribution in [2.45, 2.75) is 18.9 Å². The Kier molecular flexibility index (Phi) is 4.80. The van der Waals surface area contributed by atoms with E-state index >= 15 is 0 Å². The molecule has 1 aliphatic heterocycles. The zero-order chi connectivity index (χ0) is 20.5. The molecule has 3 aromatic heterocycles. The van der Waals surface area contributed by atoms with E-state index in [-0.39, 0.29) is 0 Å². The third kappa shape index (κ3) is 3.48. The fourth-order valence-electron chi connectivity index (χ4n) is 3.99. The second kappa shape index (κ2) is 7.76. The van der Waals surface area contributed by atoms with Gasteiger partial charge in [0.15, 0.2) is 0 Å². The van der Waals surface area contributed by atoms with Crippen LogP contribution in [0, 0.1) is 0 Å². The van der Waals surface area contributed by atoms with Gasteiger partial charge in [0.2, 0.25) is 0 Å². The summed E-state index contributed by atoms with van der Waals surface area (Å²) < 4.78 is 7.43. The van der Waals surface area contributed by atoms with E-state index in [0.717, 1.165) is 64.8 Å². The highest BCUT2D eigenvalue weighted by atomic mass is 16.5. The predicted molar refractivity (Wildman–Crippen MR) is 118 cm³/mol. The molecule has 7 heteroatoms. The Morgan fingerprint density at radius 2 is 1.87 bits per heavy atom. The molecule has 3 N–H and O–H groups in total. The fraction of sp³-hybridized carbons (Fsp3) is 0.261. The zero-order valence-corrected chi connectivity index (χ0v) is 16.9. The minimum absolute atomic E-state index is 0.443. The van der Waals surface area contributed by atoms with Gasteiger partial charge < -0.3 is 15.8 Å². The summed E-state index contributed by atoms with van der Waals surface area (Å²) in [5.74, 6) is 1.27. The number of nitrogens with one attached hydrogen (secondary N) is 1. The first kappa shape index (κ1) is 18.6. The first-order valence-corrected chi connectivity index (χ1v) is 10.2. The van der Waals surface area contributed by atoms with E-state index in [1.54, 1.807) is 13.3 Å². The van der Waals surface area contributed by atoms with Gasteiger partial charge in [0.25, 0.3) is 0 Å². The van der Waals surface area contributed by atoms with Crippen LogP contribution in [0.15, 0.2) is 55.1 Å². The van der Waals surface area contributed by atoms with Gasteiger partial charge in [-0.05, 0) is 61.6 Å². The number of hydrogen-bond acceptors (Lipinski definition) is 6. The van der Waals surface area contributed by atoms with Crippen molar-refractivity contribution in [1.82, 2.24) is 25.1 Å². The van der Waals surface area contributed by atoms with Crippen molar-refractivity contribution < 1.29 is 4.74 Å². The van der Waals surface area contributed by atoms with Crippen LogP contribution in [-0.4, -0.2) is 39.9 Å². The molecule has 5 rings (SSSR count). The number of rotatable bonds is 4. The summed E-state index contributed by atoms with van der Waals surface area (Å²) in [6.07, 6.45) is 9.84. The Morgan fingerprint density at radius 1 is 1.00 bits per heavy atom. The molecule has 1 aromatic carbocycles. The summed E-state index contributed by atoms with van der Waals surface area (Å²) in [7, 11) is 1.67. The van der Waals surface area contributed by atoms with Crippen molar-refractivity contribution in [3.63, 3.8) is 0 Å². The molecule has 0 amide bonds. The Hall–Kier alpha value is -3.45. The molecular formula is C23H24N6O. The molecule has 30 heavy (non-hydrogen) atoms. The van der Waals surface area contributed by atoms with E-state index in [4.69, 9.17) is 10.5 Å². The summed E-state index contributed by atoms with van der Waals surface area (Å²) >= 11 is 0. The number of anilines is 1. The van der Waals surface area contributed by atoms with E-state index in [0.29, 0.717) is 11.9 Å². The number of ether oxygens (including phenoxy) is 1. The van der Waals surface area contributed by atoms with Crippen LogP contribution in [0.4, 0.5) is 5.82 Å². The number of benzene rings is 1. The molecular weight excluding hydrogens is 376 g/mol. The molecule has 4 aromatic rings. The number of nitrogens with zero attached hydrogens (tertiary/aromatic N) is 4. The first-order chi connectivity index (χ1) is 14.7. The maximum absolute atomic E-state index is 6.22. The van der Waals surface area contributed by atoms with Gasteiger partial charge in [-0.15, -0.1) is 0 Å². The maximum Gasteiger partial charge on any atom is 0.132 e. The fourth-order valence-corrected chi connectivity index (χ4v) is 3.99. The molecule has 0 spiro atoms. The predicted octanol–water partition coefficient (Wildman–Crippen LogP) is 3.68. The number of nitrogen functional groups attached to an aromatic ring is 1. The second-order valence-electron chi connectivity index (χ2n) is 7.63. The molecule has 1 fully saturated rings. The van der Waals surface area contributed by atoms with Crippen LogP contribution in [-0.2, 0) is 0 Å². The van der Waals surface area contributed by atoms with Gasteiger partial charge in [-0.25, -0.2) is 4.98 Å². The summed E-state index contributed by atoms with van der Waals surface area (Å²) in [6, 6.07) is 10.4. The van der Waals surface area contributed by atoms with E-state index in [1.807, 2.05) is 42.7 Å². The normalized spacial score (nSPS) is 14.8. The average molecular weight is 400 g/mol. The quantitative estimate of drug-likeness (QED) is 0.543. The highest BCUT2D eigenvalue weighted by Gasteiger charge is 2.17. The van der Waals surface area contributed by atoms with E-state index < -0.39 is 0 Å². The van der Waals surface area contributed by atoms with Crippen molar-refractivity contribution in [3.8, 4) is 28.1 Å². The first-order valence-electron chi connectivity index (χ1n) is 10.2. The molecule has 0 saturated carbocycles. The highest BCUT2D eigenvalue weighted by molar-refractivity contribution is 5.88. The third-order valence-electron chi connectivity index (χ3n) is 5.74. The van der Waals surface area contributed by atoms with Gasteiger partial charge in [-0.1, -0.05) is 0 Å². The number of hydrogen-bond donors (Lipinski definition) is 2. The Balaban J connectivity index is 1.51. The van der Waals surface area contributed by atoms with Crippen molar-refractivity contribution in [2.75, 3.05) is 25.9 Å². The summed E-state index contributed by atoms with van der Waals surface area (Å²) in [5, 5.41) is 10.1. The van der Waals surface area contributed by atoms with Gasteiger partial charge in [0.1, 0.15) is 11.6 Å². The van der Waals surface area contributed by atoms with Crippen LogP contribution in [0.2, 0.25) is 0 Å². The Bertz CT molecular complexity index is 1200. The molecule has 1 saturated heterocycles. The molecule has 0 bridgehead atoms. The lowest BCUT2D eigenvalue weighted by Crippen LogP contribution is -2.29. The Labute approximate surface area is 174 Å². The van der Waals surface area contributed by atoms with Gasteiger partial charge in [-0.2, -0.15) is 5.10 Å². The molecule has 0 unspecified atom stereocenters. The van der Waals surface area contributed by atoms with Crippen molar-refractivity contribution >= 4 is 16.6 Å². The van der Waals surface area contributed by atoms with Crippen LogP contribution in [0.5, 0.6) is 5.75 Å². The summed E-state index contributed by atoms with van der Waals surface area (Å²) in [4.78, 5) is 9.05. The number of piperidine rings is 1. The third-order valence-corrected chi connectivity index (χ3v) is 5.74. The molecule has 4 heterocycles. The topological polar surface area (TPSA) is 90.9 Å². The Morgan fingerprint density at radius 3 is 2.70 bits per heavy atom. The molecule has 0 aliphatic carbocycles. The summed E-state index contributed by atoms with van der Waals surface area (Å²) in [5.41, 5.74) is 9.83. The van der Waals surface area contributed by atoms with E-state index in [9.17, 15) is 0 Å². The minimum Gasteiger partial charge on any atom is -0.497 e. The summed E-state index contributed by atoms with van der Waals surface area (Å²) in [6.45, 7) is 2.07. The second-order valence-corrected chi connectivity index (χ2v) is 7.63. The lowest BCUT2D eigenvalue weighted by atomic mass is 10.0. The van der Waals surface area contributed by atoms with Crippen molar-refractivity contribution in [2.24, 2.45) is 0 Å². The maximum atomic E-state index is 6.22. The smallest absolute Gasteiger partial charge is 0.132 e. The molecule has 152 valence electrons. The number of nitrogens with two attached hydrogens (primary N) is 1. The molecule has 7 nitrogen and oxygen atoms in total. The zero-order valence-electron chi connectivity index (χ0n) is 16.9. The lowest BCUT2D eigenvalue weighted by molar-refractivity contribution is 0.343. The number of aromatic nitrogens is 4. The van der Waals surface area contributed by atoms with Gasteiger partial charge in [-0.3, -0.25) is 9.67 Å². The number of fused-ring (bicyclic) bond motifs is 1. The van der Waals surface area contributed by atoms with Crippen LogP contribution < -0.4 is 15.8 Å². The van der Waals surface area contributed by atoms with Crippen molar-refractivity contribution in [3.05, 3.63) is 55.1 Å². The van der Waals surface area contributed by atoms with Crippen LogP contribution in [0.3, 0.4) is 0 Å². The monoisotopic (exact) mass is 400 g/mol. The SMILES string of the molecule is COc1ccc2cnc(-c3cc(-c4cnn(C5CCNCC5)c4)cnc3N)cc2c1. The molecule has 1 aliphatic rings. The number of pyridine rings is 2. The van der Waals surface area contributed by atoms with Crippen molar-refractivity contribution in [1.29, 1.82) is 0 Å². The van der Waals surface area contributed by atoms with E-state index in [2.05, 4.69) is 31.3 Å². The van der Waals surface area contributed by atoms with Gasteiger partial charge in [0, 0.05) is 40.7 Å². The van der Waals surface area contributed by atoms with Crippen LogP contribution >= 0.6 is 0 Å². The van der Waals surface area contributed by atoms with Gasteiger partial charge in [0.05, 0.1) is 25.0 Å². The molecule has 0 atom stereocenters. The van der Waals surface area contributed by atoms with E-state index in [1.165, 1.54) is 0 Å². The lowest BCUT2D eigenvalue weighted by Gasteiger charge is -2.22. The van der Waals surface area contributed by atoms with Crippen LogP contribution in [0.25, 0.3) is 33.2 Å². The highest BCUT2D eigenvalue weighted by Crippen LogP contribution is 2.31. The largest absolute Gasteiger partial charge is 0.497 e. The average Bonchev–Trinajstić information content (AvgIpc) is 3.29. The van der Waals surface area contributed by atoms with Gasteiger partial charge >= 0.3 is 0 Å². The molecule has 0 radical (unpaired) electrons. The minimum atomic E-state index is 0.443.